The molecule has 9 nitrogen and oxygen atoms in total. The zero-order valence-corrected chi connectivity index (χ0v) is 19.7. The minimum atomic E-state index is -2.96. The number of hydrazine groups is 2. The first-order valence-corrected chi connectivity index (χ1v) is 12.0. The molecule has 2 aliphatic heterocycles. The lowest BCUT2D eigenvalue weighted by Crippen LogP contribution is -2.72. The van der Waals surface area contributed by atoms with E-state index in [1.165, 1.54) is 6.07 Å². The van der Waals surface area contributed by atoms with Gasteiger partial charge in [0.15, 0.2) is 11.6 Å². The van der Waals surface area contributed by atoms with Crippen LogP contribution in [0, 0.1) is 24.5 Å². The minimum Gasteiger partial charge on any atom is -0.342 e. The Hall–Kier alpha value is -3.29. The quantitative estimate of drug-likeness (QED) is 0.226. The summed E-state index contributed by atoms with van der Waals surface area (Å²) >= 11 is 0. The molecule has 1 saturated heterocycles. The summed E-state index contributed by atoms with van der Waals surface area (Å²) in [4.78, 5) is 39.8. The van der Waals surface area contributed by atoms with Crippen molar-refractivity contribution in [2.24, 2.45) is 5.92 Å². The predicted octanol–water partition coefficient (Wildman–Crippen LogP) is 1.89. The summed E-state index contributed by atoms with van der Waals surface area (Å²) in [5.41, 5.74) is 8.06. The second kappa shape index (κ2) is 8.10. The van der Waals surface area contributed by atoms with Crippen LogP contribution in [0.5, 0.6) is 0 Å². The average Bonchev–Trinajstić information content (AvgIpc) is 3.13. The van der Waals surface area contributed by atoms with Gasteiger partial charge in [-0.1, -0.05) is 0 Å². The summed E-state index contributed by atoms with van der Waals surface area (Å²) in [5, 5.41) is 5.10. The maximum Gasteiger partial charge on any atom is 0.294 e. The number of hydrogen-bond acceptors (Lipinski definition) is 6. The second-order valence-electron chi connectivity index (χ2n) is 10.4. The normalized spacial score (nSPS) is 26.1. The highest BCUT2D eigenvalue weighted by molar-refractivity contribution is 6.43. The van der Waals surface area contributed by atoms with Gasteiger partial charge in [-0.05, 0) is 37.0 Å². The highest BCUT2D eigenvalue weighted by Gasteiger charge is 2.62. The molecule has 6 rings (SSSR count). The van der Waals surface area contributed by atoms with Crippen molar-refractivity contribution in [3.05, 3.63) is 52.3 Å². The highest BCUT2D eigenvalue weighted by atomic mass is 19.3. The third-order valence-electron chi connectivity index (χ3n) is 7.88. The van der Waals surface area contributed by atoms with Gasteiger partial charge in [-0.25, -0.2) is 28.4 Å². The number of alkyl halides is 2. The summed E-state index contributed by atoms with van der Waals surface area (Å²) in [6, 6.07) is 2.40. The van der Waals surface area contributed by atoms with Crippen LogP contribution in [0.15, 0.2) is 18.2 Å². The number of aromatic nitrogens is 1. The number of nitrogens with zero attached hydrogens (tertiary/aromatic N) is 1. The van der Waals surface area contributed by atoms with Crippen LogP contribution in [0.2, 0.25) is 0 Å². The fraction of sp³-hybridized carbons (Fsp3) is 0.458. The number of amides is 2. The van der Waals surface area contributed by atoms with E-state index in [2.05, 4.69) is 27.0 Å². The summed E-state index contributed by atoms with van der Waals surface area (Å²) in [6.45, 7) is 2.26. The lowest BCUT2D eigenvalue weighted by atomic mass is 9.68. The SMILES string of the molecule is Cc1c(C(=O)Nc2ccc(F)c(F)c2)c2n(c1C(=O)C(=O)NC1(C3CNNN3)CC(F)(F)C1)C[C@H]1C[C@@H]21. The van der Waals surface area contributed by atoms with Gasteiger partial charge in [0.1, 0.15) is 0 Å². The summed E-state index contributed by atoms with van der Waals surface area (Å²) < 4.78 is 56.4. The van der Waals surface area contributed by atoms with Crippen LogP contribution < -0.4 is 27.0 Å². The van der Waals surface area contributed by atoms with Gasteiger partial charge in [-0.3, -0.25) is 14.4 Å². The van der Waals surface area contributed by atoms with Crippen molar-refractivity contribution in [3.63, 3.8) is 0 Å². The highest BCUT2D eigenvalue weighted by Crippen LogP contribution is 2.56. The number of benzene rings is 1. The number of carbonyl (C=O) groups excluding carboxylic acids is 3. The Bertz CT molecular complexity index is 1340. The fourth-order valence-corrected chi connectivity index (χ4v) is 6.07. The molecule has 3 heterocycles. The van der Waals surface area contributed by atoms with Crippen molar-refractivity contribution in [1.29, 1.82) is 0 Å². The van der Waals surface area contributed by atoms with Crippen LogP contribution in [0.3, 0.4) is 0 Å². The number of carbonyl (C=O) groups is 3. The van der Waals surface area contributed by atoms with Gasteiger partial charge >= 0.3 is 0 Å². The van der Waals surface area contributed by atoms with Crippen molar-refractivity contribution < 1.29 is 31.9 Å². The van der Waals surface area contributed by atoms with Gasteiger partial charge in [0.05, 0.1) is 22.8 Å². The Kier molecular flexibility index (Phi) is 5.27. The molecule has 3 fully saturated rings. The van der Waals surface area contributed by atoms with E-state index in [1.807, 2.05) is 0 Å². The summed E-state index contributed by atoms with van der Waals surface area (Å²) in [5.74, 6) is -7.41. The van der Waals surface area contributed by atoms with Gasteiger partial charge in [0.2, 0.25) is 0 Å². The monoisotopic (exact) mass is 520 g/mol. The standard InChI is InChI=1S/C24H24F4N6O3/c1-10-17(21(36)30-12-2-3-14(25)15(26)5-12)19-13-4-11(13)7-34(19)18(10)20(35)22(37)31-23(8-24(27,28)9-23)16-6-29-33-32-16/h2-3,5,11,13,16,29,32-33H,4,6-9H2,1H3,(H,30,36)(H,31,37)/t11-,13-,16?/m1/s1. The number of rotatable bonds is 6. The Morgan fingerprint density at radius 1 is 1.14 bits per heavy atom. The molecule has 2 aliphatic carbocycles. The number of hydrogen-bond donors (Lipinski definition) is 5. The zero-order valence-electron chi connectivity index (χ0n) is 19.7. The molecule has 1 unspecified atom stereocenters. The van der Waals surface area contributed by atoms with Gasteiger partial charge in [-0.15, -0.1) is 0 Å². The molecule has 4 aliphatic rings. The second-order valence-corrected chi connectivity index (χ2v) is 10.4. The van der Waals surface area contributed by atoms with Crippen molar-refractivity contribution in [3.8, 4) is 0 Å². The van der Waals surface area contributed by atoms with Crippen molar-refractivity contribution in [2.75, 3.05) is 11.9 Å². The molecule has 2 aromatic rings. The van der Waals surface area contributed by atoms with E-state index < -0.39 is 59.6 Å². The van der Waals surface area contributed by atoms with Crippen molar-refractivity contribution in [2.45, 2.75) is 56.2 Å². The van der Waals surface area contributed by atoms with E-state index >= 15 is 0 Å². The van der Waals surface area contributed by atoms with Crippen LogP contribution in [-0.4, -0.2) is 46.2 Å². The van der Waals surface area contributed by atoms with Crippen molar-refractivity contribution in [1.82, 2.24) is 26.3 Å². The number of ketones is 1. The molecule has 1 aromatic heterocycles. The van der Waals surface area contributed by atoms with E-state index in [9.17, 15) is 31.9 Å². The lowest BCUT2D eigenvalue weighted by Gasteiger charge is -2.50. The number of nitrogens with one attached hydrogen (secondary N) is 5. The summed E-state index contributed by atoms with van der Waals surface area (Å²) in [7, 11) is 0. The van der Waals surface area contributed by atoms with Crippen LogP contribution in [0.4, 0.5) is 23.2 Å². The topological polar surface area (TPSA) is 116 Å². The number of Topliss-reactive ketones (excluding diaryl/α,β-unsaturated/α-hetero) is 1. The van der Waals surface area contributed by atoms with E-state index in [0.29, 0.717) is 12.2 Å². The third-order valence-corrected chi connectivity index (χ3v) is 7.88. The molecule has 2 amide bonds. The molecule has 1 aromatic carbocycles. The first-order chi connectivity index (χ1) is 17.5. The molecule has 5 N–H and O–H groups in total. The number of halogens is 4. The number of anilines is 1. The minimum absolute atomic E-state index is 0.0343. The van der Waals surface area contributed by atoms with Crippen LogP contribution in [-0.2, 0) is 11.3 Å². The first kappa shape index (κ1) is 24.1. The fourth-order valence-electron chi connectivity index (χ4n) is 6.07. The molecule has 2 saturated carbocycles. The Balaban J connectivity index is 1.29. The molecule has 0 bridgehead atoms. The Morgan fingerprint density at radius 3 is 2.54 bits per heavy atom. The molecular weight excluding hydrogens is 496 g/mol. The predicted molar refractivity (Wildman–Crippen MR) is 122 cm³/mol. The summed E-state index contributed by atoms with van der Waals surface area (Å²) in [6.07, 6.45) is -0.394. The van der Waals surface area contributed by atoms with E-state index in [4.69, 9.17) is 0 Å². The molecule has 0 spiro atoms. The van der Waals surface area contributed by atoms with Crippen LogP contribution in [0.1, 0.15) is 57.3 Å². The van der Waals surface area contributed by atoms with E-state index in [1.54, 1.807) is 11.5 Å². The Morgan fingerprint density at radius 2 is 1.89 bits per heavy atom. The largest absolute Gasteiger partial charge is 0.342 e. The van der Waals surface area contributed by atoms with E-state index in [0.717, 1.165) is 18.6 Å². The third kappa shape index (κ3) is 3.83. The zero-order chi connectivity index (χ0) is 26.3. The van der Waals surface area contributed by atoms with Crippen LogP contribution >= 0.6 is 0 Å². The van der Waals surface area contributed by atoms with Crippen molar-refractivity contribution >= 4 is 23.3 Å². The molecule has 0 radical (unpaired) electrons. The van der Waals surface area contributed by atoms with Gasteiger partial charge < -0.3 is 15.2 Å². The average molecular weight is 520 g/mol. The molecule has 13 heteroatoms. The molecular formula is C24H24F4N6O3. The Labute approximate surface area is 208 Å². The molecule has 196 valence electrons. The van der Waals surface area contributed by atoms with Gasteiger partial charge in [0, 0.05) is 49.3 Å². The van der Waals surface area contributed by atoms with Gasteiger partial charge in [0.25, 0.3) is 23.5 Å². The maximum atomic E-state index is 13.9. The molecule has 3 atom stereocenters. The maximum absolute atomic E-state index is 13.9. The van der Waals surface area contributed by atoms with Crippen LogP contribution in [0.25, 0.3) is 0 Å². The smallest absolute Gasteiger partial charge is 0.294 e. The first-order valence-electron chi connectivity index (χ1n) is 12.0. The lowest BCUT2D eigenvalue weighted by molar-refractivity contribution is -0.151. The van der Waals surface area contributed by atoms with E-state index in [-0.39, 0.29) is 40.9 Å². The molecule has 37 heavy (non-hydrogen) atoms. The van der Waals surface area contributed by atoms with Gasteiger partial charge in [-0.2, -0.15) is 5.53 Å². The number of fused-ring (bicyclic) bond motifs is 3.